The molecule has 0 fully saturated rings. The van der Waals surface area contributed by atoms with Crippen molar-refractivity contribution < 1.29 is 15.3 Å². The molecule has 0 saturated carbocycles. The summed E-state index contributed by atoms with van der Waals surface area (Å²) in [5, 5.41) is 29.9. The van der Waals surface area contributed by atoms with E-state index in [-0.39, 0.29) is 12.4 Å². The SMILES string of the molecule is OCC(O)CNCc1ccc(O)c(Br)c1. The fourth-order valence-electron chi connectivity index (χ4n) is 1.11. The summed E-state index contributed by atoms with van der Waals surface area (Å²) in [5.41, 5.74) is 0.991. The molecular weight excluding hydrogens is 262 g/mol. The standard InChI is InChI=1S/C10H14BrNO3/c11-9-3-7(1-2-10(9)15)4-12-5-8(14)6-13/h1-3,8,12-15H,4-6H2. The van der Waals surface area contributed by atoms with E-state index in [4.69, 9.17) is 10.2 Å². The Morgan fingerprint density at radius 3 is 2.73 bits per heavy atom. The highest BCUT2D eigenvalue weighted by Gasteiger charge is 2.02. The van der Waals surface area contributed by atoms with Crippen molar-refractivity contribution >= 4 is 15.9 Å². The van der Waals surface area contributed by atoms with E-state index in [1.165, 1.54) is 0 Å². The summed E-state index contributed by atoms with van der Waals surface area (Å²) >= 11 is 3.21. The van der Waals surface area contributed by atoms with E-state index in [0.717, 1.165) is 5.56 Å². The van der Waals surface area contributed by atoms with Crippen molar-refractivity contribution in [3.8, 4) is 5.75 Å². The highest BCUT2D eigenvalue weighted by Crippen LogP contribution is 2.23. The first kappa shape index (κ1) is 12.4. The van der Waals surface area contributed by atoms with Gasteiger partial charge in [-0.25, -0.2) is 0 Å². The molecule has 0 aliphatic rings. The summed E-state index contributed by atoms with van der Waals surface area (Å²) in [7, 11) is 0. The van der Waals surface area contributed by atoms with Crippen LogP contribution in [0.1, 0.15) is 5.56 Å². The fourth-order valence-corrected chi connectivity index (χ4v) is 1.53. The lowest BCUT2D eigenvalue weighted by Crippen LogP contribution is -2.28. The van der Waals surface area contributed by atoms with E-state index in [2.05, 4.69) is 21.2 Å². The first-order valence-corrected chi connectivity index (χ1v) is 5.40. The van der Waals surface area contributed by atoms with Crippen LogP contribution in [0.25, 0.3) is 0 Å². The third-order valence-electron chi connectivity index (χ3n) is 1.93. The van der Waals surface area contributed by atoms with Gasteiger partial charge in [0.15, 0.2) is 0 Å². The molecule has 0 spiro atoms. The molecule has 1 aromatic carbocycles. The number of phenols is 1. The van der Waals surface area contributed by atoms with Gasteiger partial charge < -0.3 is 20.6 Å². The van der Waals surface area contributed by atoms with Gasteiger partial charge in [-0.3, -0.25) is 0 Å². The molecule has 0 heterocycles. The fraction of sp³-hybridized carbons (Fsp3) is 0.400. The summed E-state index contributed by atoms with van der Waals surface area (Å²) in [4.78, 5) is 0. The summed E-state index contributed by atoms with van der Waals surface area (Å²) in [6.45, 7) is 0.678. The Balaban J connectivity index is 2.41. The number of hydrogen-bond acceptors (Lipinski definition) is 4. The Labute approximate surface area is 96.7 Å². The van der Waals surface area contributed by atoms with Gasteiger partial charge in [0.25, 0.3) is 0 Å². The normalized spacial score (nSPS) is 12.7. The second kappa shape index (κ2) is 6.07. The Morgan fingerprint density at radius 2 is 2.13 bits per heavy atom. The molecule has 0 aliphatic carbocycles. The van der Waals surface area contributed by atoms with Crippen molar-refractivity contribution in [3.63, 3.8) is 0 Å². The van der Waals surface area contributed by atoms with Gasteiger partial charge >= 0.3 is 0 Å². The lowest BCUT2D eigenvalue weighted by molar-refractivity contribution is 0.0942. The van der Waals surface area contributed by atoms with Gasteiger partial charge in [-0.05, 0) is 33.6 Å². The average molecular weight is 276 g/mol. The highest BCUT2D eigenvalue weighted by atomic mass is 79.9. The van der Waals surface area contributed by atoms with Gasteiger partial charge in [0.1, 0.15) is 5.75 Å². The Kier molecular flexibility index (Phi) is 5.04. The van der Waals surface area contributed by atoms with Gasteiger partial charge in [-0.2, -0.15) is 0 Å². The van der Waals surface area contributed by atoms with Crippen molar-refractivity contribution in [2.75, 3.05) is 13.2 Å². The number of hydrogen-bond donors (Lipinski definition) is 4. The monoisotopic (exact) mass is 275 g/mol. The van der Waals surface area contributed by atoms with Crippen LogP contribution in [0.2, 0.25) is 0 Å². The number of aliphatic hydroxyl groups is 2. The van der Waals surface area contributed by atoms with Crippen LogP contribution in [0.15, 0.2) is 22.7 Å². The summed E-state index contributed by atoms with van der Waals surface area (Å²) < 4.78 is 0.643. The summed E-state index contributed by atoms with van der Waals surface area (Å²) in [6, 6.07) is 5.19. The maximum atomic E-state index is 9.26. The third kappa shape index (κ3) is 4.17. The molecule has 0 saturated heterocycles. The van der Waals surface area contributed by atoms with Crippen molar-refractivity contribution in [2.45, 2.75) is 12.6 Å². The van der Waals surface area contributed by atoms with Crippen LogP contribution >= 0.6 is 15.9 Å². The van der Waals surface area contributed by atoms with Gasteiger partial charge in [0, 0.05) is 13.1 Å². The molecule has 0 aliphatic heterocycles. The number of phenolic OH excluding ortho intramolecular Hbond substituents is 1. The van der Waals surface area contributed by atoms with E-state index in [9.17, 15) is 5.11 Å². The van der Waals surface area contributed by atoms with Crippen LogP contribution in [0.5, 0.6) is 5.75 Å². The maximum absolute atomic E-state index is 9.26. The molecule has 4 N–H and O–H groups in total. The molecular formula is C10H14BrNO3. The zero-order valence-electron chi connectivity index (χ0n) is 8.15. The van der Waals surface area contributed by atoms with Crippen LogP contribution in [-0.4, -0.2) is 34.6 Å². The van der Waals surface area contributed by atoms with Crippen molar-refractivity contribution in [3.05, 3.63) is 28.2 Å². The van der Waals surface area contributed by atoms with Gasteiger partial charge in [0.2, 0.25) is 0 Å². The molecule has 1 rings (SSSR count). The molecule has 84 valence electrons. The first-order chi connectivity index (χ1) is 7.13. The van der Waals surface area contributed by atoms with Gasteiger partial charge in [-0.1, -0.05) is 6.07 Å². The molecule has 4 nitrogen and oxygen atoms in total. The molecule has 5 heteroatoms. The zero-order valence-corrected chi connectivity index (χ0v) is 9.74. The van der Waals surface area contributed by atoms with Crippen LogP contribution < -0.4 is 5.32 Å². The average Bonchev–Trinajstić information content (AvgIpc) is 2.23. The second-order valence-corrected chi connectivity index (χ2v) is 4.11. The van der Waals surface area contributed by atoms with Crippen LogP contribution in [0.3, 0.4) is 0 Å². The van der Waals surface area contributed by atoms with Crippen molar-refractivity contribution in [1.82, 2.24) is 5.32 Å². The van der Waals surface area contributed by atoms with Crippen molar-refractivity contribution in [1.29, 1.82) is 0 Å². The number of rotatable bonds is 5. The zero-order chi connectivity index (χ0) is 11.3. The molecule has 0 amide bonds. The number of nitrogens with one attached hydrogen (secondary N) is 1. The molecule has 0 aromatic heterocycles. The minimum Gasteiger partial charge on any atom is -0.507 e. The minimum absolute atomic E-state index is 0.203. The number of aromatic hydroxyl groups is 1. The lowest BCUT2D eigenvalue weighted by Gasteiger charge is -2.09. The largest absolute Gasteiger partial charge is 0.507 e. The lowest BCUT2D eigenvalue weighted by atomic mass is 10.2. The molecule has 0 bridgehead atoms. The molecule has 0 radical (unpaired) electrons. The highest BCUT2D eigenvalue weighted by molar-refractivity contribution is 9.10. The maximum Gasteiger partial charge on any atom is 0.129 e. The number of aliphatic hydroxyl groups excluding tert-OH is 2. The first-order valence-electron chi connectivity index (χ1n) is 4.60. The Morgan fingerprint density at radius 1 is 1.40 bits per heavy atom. The van der Waals surface area contributed by atoms with Crippen molar-refractivity contribution in [2.24, 2.45) is 0 Å². The summed E-state index contributed by atoms with van der Waals surface area (Å²) in [6.07, 6.45) is -0.731. The predicted octanol–water partition coefficient (Wildman–Crippen LogP) is 0.597. The Hall–Kier alpha value is -0.620. The van der Waals surface area contributed by atoms with Crippen LogP contribution in [-0.2, 0) is 6.54 Å². The van der Waals surface area contributed by atoms with Gasteiger partial charge in [-0.15, -0.1) is 0 Å². The molecule has 1 atom stereocenters. The van der Waals surface area contributed by atoms with E-state index >= 15 is 0 Å². The van der Waals surface area contributed by atoms with Crippen LogP contribution in [0, 0.1) is 0 Å². The number of halogens is 1. The minimum atomic E-state index is -0.731. The topological polar surface area (TPSA) is 72.7 Å². The number of benzene rings is 1. The molecule has 15 heavy (non-hydrogen) atoms. The van der Waals surface area contributed by atoms with E-state index in [0.29, 0.717) is 17.6 Å². The predicted molar refractivity (Wildman–Crippen MR) is 60.6 cm³/mol. The van der Waals surface area contributed by atoms with E-state index < -0.39 is 6.10 Å². The van der Waals surface area contributed by atoms with Gasteiger partial charge in [0.05, 0.1) is 17.2 Å². The summed E-state index contributed by atoms with van der Waals surface area (Å²) in [5.74, 6) is 0.203. The third-order valence-corrected chi connectivity index (χ3v) is 2.57. The smallest absolute Gasteiger partial charge is 0.129 e. The molecule has 1 unspecified atom stereocenters. The quantitative estimate of drug-likeness (QED) is 0.635. The Bertz CT molecular complexity index is 320. The van der Waals surface area contributed by atoms with Crippen LogP contribution in [0.4, 0.5) is 0 Å². The molecule has 1 aromatic rings. The van der Waals surface area contributed by atoms with E-state index in [1.807, 2.05) is 0 Å². The second-order valence-electron chi connectivity index (χ2n) is 3.25. The van der Waals surface area contributed by atoms with E-state index in [1.54, 1.807) is 18.2 Å².